The first kappa shape index (κ1) is 26.2. The van der Waals surface area contributed by atoms with E-state index < -0.39 is 52.5 Å². The number of rotatable bonds is 4. The summed E-state index contributed by atoms with van der Waals surface area (Å²) >= 11 is 0. The van der Waals surface area contributed by atoms with E-state index >= 15 is 0 Å². The van der Waals surface area contributed by atoms with E-state index in [1.165, 1.54) is 6.92 Å². The maximum atomic E-state index is 14.3. The average Bonchev–Trinajstić information content (AvgIpc) is 2.78. The van der Waals surface area contributed by atoms with Gasteiger partial charge in [-0.3, -0.25) is 4.79 Å². The maximum Gasteiger partial charge on any atom is 0.422 e. The molecule has 0 saturated heterocycles. The zero-order valence-corrected chi connectivity index (χ0v) is 19.3. The van der Waals surface area contributed by atoms with Crippen molar-refractivity contribution in [3.05, 3.63) is 88.5 Å². The van der Waals surface area contributed by atoms with Gasteiger partial charge in [-0.1, -0.05) is 69.3 Å². The Bertz CT molecular complexity index is 1230. The Morgan fingerprint density at radius 1 is 0.829 bits per heavy atom. The molecule has 0 aliphatic heterocycles. The molecule has 0 aliphatic rings. The second-order valence-corrected chi connectivity index (χ2v) is 9.13. The number of hydrogen-bond acceptors (Lipinski definition) is 1. The minimum absolute atomic E-state index is 0.241. The Kier molecular flexibility index (Phi) is 7.02. The molecule has 3 aromatic carbocycles. The summed E-state index contributed by atoms with van der Waals surface area (Å²) < 4.78 is 95.0. The van der Waals surface area contributed by atoms with Crippen molar-refractivity contribution in [3.8, 4) is 11.1 Å². The summed E-state index contributed by atoms with van der Waals surface area (Å²) in [6.45, 7) is 7.38. The molecule has 1 atom stereocenters. The lowest BCUT2D eigenvalue weighted by Gasteiger charge is -2.24. The van der Waals surface area contributed by atoms with Gasteiger partial charge in [0.05, 0.1) is 5.92 Å². The molecule has 0 bridgehead atoms. The van der Waals surface area contributed by atoms with Crippen LogP contribution in [0.4, 0.5) is 36.4 Å². The Morgan fingerprint density at radius 2 is 1.37 bits per heavy atom. The lowest BCUT2D eigenvalue weighted by Crippen LogP contribution is -2.24. The van der Waals surface area contributed by atoms with Crippen LogP contribution in [0.5, 0.6) is 0 Å². The molecule has 1 N–H and O–H groups in total. The number of carbonyl (C=O) groups is 1. The second kappa shape index (κ2) is 9.36. The third-order valence-corrected chi connectivity index (χ3v) is 5.66. The minimum atomic E-state index is -5.68. The molecule has 0 fully saturated rings. The summed E-state index contributed by atoms with van der Waals surface area (Å²) in [6.07, 6.45) is -5.68. The summed E-state index contributed by atoms with van der Waals surface area (Å²) in [4.78, 5) is 12.9. The number of hydrogen-bond donors (Lipinski definition) is 1. The van der Waals surface area contributed by atoms with Crippen LogP contribution in [0.2, 0.25) is 0 Å². The van der Waals surface area contributed by atoms with Crippen molar-refractivity contribution in [2.45, 2.75) is 45.2 Å². The molecule has 1 amide bonds. The van der Waals surface area contributed by atoms with Crippen LogP contribution in [0.1, 0.15) is 50.3 Å². The van der Waals surface area contributed by atoms with Gasteiger partial charge in [0, 0.05) is 0 Å². The van der Waals surface area contributed by atoms with Gasteiger partial charge in [-0.05, 0) is 34.6 Å². The van der Waals surface area contributed by atoms with E-state index in [9.17, 15) is 35.5 Å². The Labute approximate surface area is 197 Å². The van der Waals surface area contributed by atoms with Crippen molar-refractivity contribution in [2.24, 2.45) is 0 Å². The summed E-state index contributed by atoms with van der Waals surface area (Å²) in [6, 6.07) is 14.3. The van der Waals surface area contributed by atoms with E-state index in [1.54, 1.807) is 47.8 Å². The van der Waals surface area contributed by atoms with Gasteiger partial charge in [0.2, 0.25) is 5.91 Å². The molecule has 1 unspecified atom stereocenters. The number of anilines is 1. The van der Waals surface area contributed by atoms with E-state index in [-0.39, 0.29) is 5.41 Å². The van der Waals surface area contributed by atoms with Crippen LogP contribution >= 0.6 is 0 Å². The number of amides is 1. The molecule has 0 radical (unpaired) electrons. The summed E-state index contributed by atoms with van der Waals surface area (Å²) in [5.41, 5.74) is -1.80. The molecule has 0 saturated carbocycles. The predicted octanol–water partition coefficient (Wildman–Crippen LogP) is 7.97. The van der Waals surface area contributed by atoms with Gasteiger partial charge >= 0.3 is 6.18 Å². The third-order valence-electron chi connectivity index (χ3n) is 5.66. The highest BCUT2D eigenvalue weighted by Gasteiger charge is 2.42. The van der Waals surface area contributed by atoms with Crippen LogP contribution in [0.15, 0.2) is 48.5 Å². The third kappa shape index (κ3) is 5.18. The Balaban J connectivity index is 2.06. The minimum Gasteiger partial charge on any atom is -0.320 e. The first-order valence-electron chi connectivity index (χ1n) is 10.6. The quantitative estimate of drug-likeness (QED) is 0.288. The highest BCUT2D eigenvalue weighted by Crippen LogP contribution is 2.39. The zero-order valence-electron chi connectivity index (χ0n) is 19.3. The first-order chi connectivity index (χ1) is 16.1. The largest absolute Gasteiger partial charge is 0.422 e. The van der Waals surface area contributed by atoms with E-state index in [0.29, 0.717) is 11.1 Å². The topological polar surface area (TPSA) is 29.1 Å². The molecule has 2 nitrogen and oxygen atoms in total. The number of benzene rings is 3. The van der Waals surface area contributed by atoms with Crippen LogP contribution in [-0.2, 0) is 16.4 Å². The van der Waals surface area contributed by atoms with Crippen molar-refractivity contribution in [1.82, 2.24) is 0 Å². The van der Waals surface area contributed by atoms with E-state index in [4.69, 9.17) is 0 Å². The molecule has 186 valence electrons. The monoisotopic (exact) mass is 497 g/mol. The summed E-state index contributed by atoms with van der Waals surface area (Å²) in [5.74, 6) is -12.1. The van der Waals surface area contributed by atoms with E-state index in [1.807, 2.05) is 26.8 Å². The van der Waals surface area contributed by atoms with Gasteiger partial charge in [0.25, 0.3) is 0 Å². The van der Waals surface area contributed by atoms with E-state index in [0.717, 1.165) is 11.1 Å². The van der Waals surface area contributed by atoms with Crippen molar-refractivity contribution in [2.75, 3.05) is 5.32 Å². The lowest BCUT2D eigenvalue weighted by molar-refractivity contribution is -0.143. The molecule has 0 aromatic heterocycles. The Morgan fingerprint density at radius 3 is 1.86 bits per heavy atom. The van der Waals surface area contributed by atoms with Crippen molar-refractivity contribution >= 4 is 11.6 Å². The average molecular weight is 497 g/mol. The fraction of sp³-hybridized carbons (Fsp3) is 0.269. The van der Waals surface area contributed by atoms with Gasteiger partial charge in [0.15, 0.2) is 23.3 Å². The number of carbonyl (C=O) groups excluding carboxylic acids is 1. The Hall–Kier alpha value is -3.36. The number of nitrogens with one attached hydrogen (secondary N) is 1. The van der Waals surface area contributed by atoms with Gasteiger partial charge < -0.3 is 5.32 Å². The lowest BCUT2D eigenvalue weighted by atomic mass is 9.82. The van der Waals surface area contributed by atoms with Crippen LogP contribution in [0, 0.1) is 23.3 Å². The van der Waals surface area contributed by atoms with Gasteiger partial charge in [-0.15, -0.1) is 0 Å². The normalized spacial score (nSPS) is 13.0. The second-order valence-electron chi connectivity index (χ2n) is 9.13. The molecule has 3 aromatic rings. The SMILES string of the molecule is CC(C(=O)Nc1c(F)c(F)c(C(F)(F)F)c(F)c1F)c1ccc(C(C)(C)C)cc1-c1ccccc1. The maximum absolute atomic E-state index is 14.3. The smallest absolute Gasteiger partial charge is 0.320 e. The van der Waals surface area contributed by atoms with Crippen LogP contribution < -0.4 is 5.32 Å². The predicted molar refractivity (Wildman–Crippen MR) is 119 cm³/mol. The molecule has 0 spiro atoms. The first-order valence-corrected chi connectivity index (χ1v) is 10.6. The molecule has 3 rings (SSSR count). The van der Waals surface area contributed by atoms with Crippen LogP contribution in [0.25, 0.3) is 11.1 Å². The number of halogens is 7. The number of alkyl halides is 3. The molecule has 0 heterocycles. The molecule has 35 heavy (non-hydrogen) atoms. The standard InChI is InChI=1S/C26H22F7NO/c1-13(16-11-10-15(25(2,3)4)12-17(16)14-8-6-5-7-9-14)24(35)34-23-21(29)19(27)18(26(31,32)33)20(28)22(23)30/h5-13H,1-4H3,(H,34,35). The summed E-state index contributed by atoms with van der Waals surface area (Å²) in [5, 5.41) is 1.72. The van der Waals surface area contributed by atoms with Gasteiger partial charge in [0.1, 0.15) is 11.3 Å². The van der Waals surface area contributed by atoms with Crippen LogP contribution in [0.3, 0.4) is 0 Å². The van der Waals surface area contributed by atoms with Crippen molar-refractivity contribution in [1.29, 1.82) is 0 Å². The highest BCUT2D eigenvalue weighted by atomic mass is 19.4. The fourth-order valence-corrected chi connectivity index (χ4v) is 3.63. The molecular formula is C26H22F7NO. The van der Waals surface area contributed by atoms with Crippen molar-refractivity contribution in [3.63, 3.8) is 0 Å². The molecular weight excluding hydrogens is 475 g/mol. The molecule has 0 aliphatic carbocycles. The molecule has 9 heteroatoms. The summed E-state index contributed by atoms with van der Waals surface area (Å²) in [7, 11) is 0. The van der Waals surface area contributed by atoms with Gasteiger partial charge in [-0.25, -0.2) is 17.6 Å². The highest BCUT2D eigenvalue weighted by molar-refractivity contribution is 5.97. The fourth-order valence-electron chi connectivity index (χ4n) is 3.63. The van der Waals surface area contributed by atoms with Crippen molar-refractivity contribution < 1.29 is 35.5 Å². The zero-order chi connectivity index (χ0) is 26.3. The van der Waals surface area contributed by atoms with Gasteiger partial charge in [-0.2, -0.15) is 13.2 Å². The van der Waals surface area contributed by atoms with E-state index in [2.05, 4.69) is 0 Å². The van der Waals surface area contributed by atoms with Crippen LogP contribution in [-0.4, -0.2) is 5.91 Å².